The van der Waals surface area contributed by atoms with Crippen LogP contribution in [-0.2, 0) is 19.4 Å². The topological polar surface area (TPSA) is 72.5 Å². The van der Waals surface area contributed by atoms with Gasteiger partial charge in [-0.3, -0.25) is 4.79 Å². The molecule has 1 fully saturated rings. The second-order valence-electron chi connectivity index (χ2n) is 6.03. The lowest BCUT2D eigenvalue weighted by atomic mass is 10.1. The first-order valence-corrected chi connectivity index (χ1v) is 9.09. The summed E-state index contributed by atoms with van der Waals surface area (Å²) in [4.78, 5) is 11.3. The Balaban J connectivity index is 2.33. The maximum absolute atomic E-state index is 12.1. The van der Waals surface area contributed by atoms with E-state index in [4.69, 9.17) is 0 Å². The maximum atomic E-state index is 12.1. The average molecular weight is 305 g/mol. The Bertz CT molecular complexity index is 415. The predicted molar refractivity (Wildman–Crippen MR) is 79.3 cm³/mol. The van der Waals surface area contributed by atoms with Crippen molar-refractivity contribution >= 4 is 15.8 Å². The van der Waals surface area contributed by atoms with Gasteiger partial charge in [-0.2, -0.15) is 0 Å². The Hall–Kier alpha value is -0.620. The molecule has 6 heteroatoms. The summed E-state index contributed by atoms with van der Waals surface area (Å²) in [6.07, 6.45) is 4.46. The Morgan fingerprint density at radius 2 is 2.00 bits per heavy atom. The van der Waals surface area contributed by atoms with Crippen molar-refractivity contribution in [1.29, 1.82) is 0 Å². The van der Waals surface area contributed by atoms with Gasteiger partial charge in [0.05, 0.1) is 25.0 Å². The molecule has 1 rings (SSSR count). The monoisotopic (exact) mass is 305 g/mol. The van der Waals surface area contributed by atoms with E-state index < -0.39 is 9.84 Å². The van der Waals surface area contributed by atoms with Crippen molar-refractivity contribution in [2.45, 2.75) is 51.5 Å². The zero-order chi connectivity index (χ0) is 15.2. The molecule has 0 amide bonds. The van der Waals surface area contributed by atoms with Gasteiger partial charge in [0.25, 0.3) is 0 Å². The van der Waals surface area contributed by atoms with Crippen molar-refractivity contribution in [2.24, 2.45) is 5.41 Å². The predicted octanol–water partition coefficient (Wildman–Crippen LogP) is 1.52. The van der Waals surface area contributed by atoms with E-state index in [2.05, 4.69) is 17.0 Å². The molecule has 0 radical (unpaired) electrons. The van der Waals surface area contributed by atoms with Crippen LogP contribution in [0.1, 0.15) is 45.4 Å². The first-order valence-electron chi connectivity index (χ1n) is 7.27. The van der Waals surface area contributed by atoms with Crippen LogP contribution in [0, 0.1) is 5.41 Å². The van der Waals surface area contributed by atoms with Crippen molar-refractivity contribution in [1.82, 2.24) is 5.32 Å². The zero-order valence-corrected chi connectivity index (χ0v) is 13.6. The van der Waals surface area contributed by atoms with E-state index in [1.807, 2.05) is 7.05 Å². The third kappa shape index (κ3) is 6.22. The molecule has 1 unspecified atom stereocenters. The number of hydrogen-bond acceptors (Lipinski definition) is 5. The molecular weight excluding hydrogens is 278 g/mol. The van der Waals surface area contributed by atoms with Gasteiger partial charge in [-0.05, 0) is 45.1 Å². The Morgan fingerprint density at radius 1 is 1.35 bits per heavy atom. The molecule has 0 aromatic carbocycles. The van der Waals surface area contributed by atoms with Crippen molar-refractivity contribution in [2.75, 3.05) is 25.7 Å². The highest BCUT2D eigenvalue weighted by Gasteiger charge is 2.47. The first-order chi connectivity index (χ1) is 9.32. The summed E-state index contributed by atoms with van der Waals surface area (Å²) in [7, 11) is 0.187. The molecule has 0 aromatic rings. The number of rotatable bonds is 10. The number of unbranched alkanes of at least 4 members (excludes halogenated alkanes) is 1. The van der Waals surface area contributed by atoms with Gasteiger partial charge < -0.3 is 10.1 Å². The number of sulfone groups is 1. The van der Waals surface area contributed by atoms with Gasteiger partial charge in [0.1, 0.15) is 0 Å². The fourth-order valence-electron chi connectivity index (χ4n) is 2.38. The summed E-state index contributed by atoms with van der Waals surface area (Å²) in [6, 6.07) is 0.423. The van der Waals surface area contributed by atoms with E-state index >= 15 is 0 Å². The molecule has 1 saturated carbocycles. The number of methoxy groups -OCH3 is 1. The molecule has 0 heterocycles. The largest absolute Gasteiger partial charge is 0.469 e. The highest BCUT2D eigenvalue weighted by Crippen LogP contribution is 2.50. The van der Waals surface area contributed by atoms with Crippen LogP contribution in [0.3, 0.4) is 0 Å². The number of carbonyl (C=O) groups excluding carboxylic acids is 1. The Labute approximate surface area is 122 Å². The second-order valence-corrected chi connectivity index (χ2v) is 8.21. The van der Waals surface area contributed by atoms with Gasteiger partial charge in [-0.15, -0.1) is 0 Å². The minimum absolute atomic E-state index is 0.136. The van der Waals surface area contributed by atoms with Crippen LogP contribution in [0.2, 0.25) is 0 Å². The normalized spacial score (nSPS) is 18.6. The summed E-state index contributed by atoms with van der Waals surface area (Å²) in [5.41, 5.74) is -0.329. The first kappa shape index (κ1) is 17.4. The lowest BCUT2D eigenvalue weighted by molar-refractivity contribution is -0.141. The number of carbonyl (C=O) groups is 1. The highest BCUT2D eigenvalue weighted by molar-refractivity contribution is 7.91. The Kier molecular flexibility index (Phi) is 6.45. The number of ether oxygens (including phenoxy) is 1. The molecule has 118 valence electrons. The van der Waals surface area contributed by atoms with Crippen LogP contribution in [0.5, 0.6) is 0 Å². The number of esters is 1. The van der Waals surface area contributed by atoms with Crippen LogP contribution in [0.4, 0.5) is 0 Å². The fraction of sp³-hybridized carbons (Fsp3) is 0.929. The maximum Gasteiger partial charge on any atom is 0.306 e. The molecule has 0 aliphatic heterocycles. The molecule has 5 nitrogen and oxygen atoms in total. The van der Waals surface area contributed by atoms with E-state index in [9.17, 15) is 13.2 Å². The second kappa shape index (κ2) is 7.41. The van der Waals surface area contributed by atoms with E-state index in [1.54, 1.807) is 0 Å². The highest BCUT2D eigenvalue weighted by atomic mass is 32.2. The molecular formula is C14H27NO4S. The lowest BCUT2D eigenvalue weighted by Gasteiger charge is -2.14. The molecule has 20 heavy (non-hydrogen) atoms. The van der Waals surface area contributed by atoms with E-state index in [0.717, 1.165) is 25.7 Å². The summed E-state index contributed by atoms with van der Waals surface area (Å²) < 4.78 is 28.8. The molecule has 0 spiro atoms. The van der Waals surface area contributed by atoms with Crippen LogP contribution in [0.25, 0.3) is 0 Å². The van der Waals surface area contributed by atoms with Crippen molar-refractivity contribution in [3.05, 3.63) is 0 Å². The molecule has 0 bridgehead atoms. The third-order valence-corrected chi connectivity index (χ3v) is 6.03. The fourth-order valence-corrected chi connectivity index (χ4v) is 4.49. The van der Waals surface area contributed by atoms with Gasteiger partial charge in [0.2, 0.25) is 0 Å². The number of nitrogens with one attached hydrogen (secondary N) is 1. The Morgan fingerprint density at radius 3 is 2.50 bits per heavy atom. The molecule has 0 saturated heterocycles. The third-order valence-electron chi connectivity index (χ3n) is 4.07. The SMILES string of the molecule is CNC(C)CCCCS(=O)(=O)CC1(CC(=O)OC)CC1. The minimum atomic E-state index is -3.06. The van der Waals surface area contributed by atoms with E-state index in [0.29, 0.717) is 12.5 Å². The van der Waals surface area contributed by atoms with Gasteiger partial charge in [-0.25, -0.2) is 8.42 Å². The van der Waals surface area contributed by atoms with Crippen LogP contribution in [0.15, 0.2) is 0 Å². The molecule has 1 aliphatic rings. The number of hydrogen-bond donors (Lipinski definition) is 1. The summed E-state index contributed by atoms with van der Waals surface area (Å²) in [6.45, 7) is 2.09. The van der Waals surface area contributed by atoms with Gasteiger partial charge in [-0.1, -0.05) is 6.42 Å². The molecule has 1 N–H and O–H groups in total. The summed E-state index contributed by atoms with van der Waals surface area (Å²) >= 11 is 0. The quantitative estimate of drug-likeness (QED) is 0.489. The van der Waals surface area contributed by atoms with Crippen molar-refractivity contribution < 1.29 is 17.9 Å². The van der Waals surface area contributed by atoms with E-state index in [1.165, 1.54) is 7.11 Å². The zero-order valence-electron chi connectivity index (χ0n) is 12.8. The standard InChI is InChI=1S/C14H27NO4S/c1-12(15-2)6-4-5-9-20(17,18)11-14(7-8-14)10-13(16)19-3/h12,15H,4-11H2,1-3H3. The van der Waals surface area contributed by atoms with E-state index in [-0.39, 0.29) is 29.3 Å². The molecule has 1 aliphatic carbocycles. The van der Waals surface area contributed by atoms with Gasteiger partial charge >= 0.3 is 5.97 Å². The molecule has 0 aromatic heterocycles. The van der Waals surface area contributed by atoms with Crippen LogP contribution < -0.4 is 5.32 Å². The van der Waals surface area contributed by atoms with Crippen LogP contribution in [-0.4, -0.2) is 46.1 Å². The van der Waals surface area contributed by atoms with Gasteiger partial charge in [0, 0.05) is 6.04 Å². The molecule has 1 atom stereocenters. The van der Waals surface area contributed by atoms with Crippen molar-refractivity contribution in [3.63, 3.8) is 0 Å². The average Bonchev–Trinajstić information content (AvgIpc) is 3.12. The summed E-state index contributed by atoms with van der Waals surface area (Å²) in [5, 5.41) is 3.14. The van der Waals surface area contributed by atoms with Gasteiger partial charge in [0.15, 0.2) is 9.84 Å². The summed E-state index contributed by atoms with van der Waals surface area (Å²) in [5.74, 6) is 0.0591. The minimum Gasteiger partial charge on any atom is -0.469 e. The van der Waals surface area contributed by atoms with Crippen molar-refractivity contribution in [3.8, 4) is 0 Å². The van der Waals surface area contributed by atoms with Crippen LogP contribution >= 0.6 is 0 Å². The smallest absolute Gasteiger partial charge is 0.306 e. The lowest BCUT2D eigenvalue weighted by Crippen LogP contribution is -2.24.